The molecule has 2 aliphatic heterocycles. The molecular weight excluding hydrogens is 603 g/mol. The highest BCUT2D eigenvalue weighted by Crippen LogP contribution is 2.37. The highest BCUT2D eigenvalue weighted by atomic mass is 19.4. The van der Waals surface area contributed by atoms with Crippen LogP contribution in [0.1, 0.15) is 47.7 Å². The molecule has 0 saturated carbocycles. The quantitative estimate of drug-likeness (QED) is 0.265. The normalized spacial score (nSPS) is 17.4. The van der Waals surface area contributed by atoms with Crippen LogP contribution in [0.5, 0.6) is 0 Å². The maximum absolute atomic E-state index is 13.6. The Bertz CT molecular complexity index is 1730. The van der Waals surface area contributed by atoms with E-state index in [9.17, 15) is 23.2 Å². The van der Waals surface area contributed by atoms with Crippen LogP contribution in [0.3, 0.4) is 0 Å². The van der Waals surface area contributed by atoms with E-state index in [1.54, 1.807) is 29.2 Å². The fourth-order valence-electron chi connectivity index (χ4n) is 6.37. The van der Waals surface area contributed by atoms with E-state index < -0.39 is 23.4 Å². The van der Waals surface area contributed by atoms with Crippen LogP contribution in [-0.2, 0) is 18.3 Å². The molecule has 0 bridgehead atoms. The second-order valence-corrected chi connectivity index (χ2v) is 12.0. The summed E-state index contributed by atoms with van der Waals surface area (Å²) >= 11 is 0. The van der Waals surface area contributed by atoms with E-state index in [4.69, 9.17) is 5.11 Å². The lowest BCUT2D eigenvalue weighted by Crippen LogP contribution is -2.66. The monoisotopic (exact) mass is 637 g/mol. The zero-order chi connectivity index (χ0) is 32.5. The molecule has 2 aliphatic rings. The third-order valence-electron chi connectivity index (χ3n) is 8.75. The molecule has 13 nitrogen and oxygen atoms in total. The molecule has 0 atom stereocenters. The number of fused-ring (bicyclic) bond motifs is 1. The molecule has 16 heteroatoms. The Morgan fingerprint density at radius 1 is 1.24 bits per heavy atom. The number of aromatic nitrogens is 7. The molecule has 6 rings (SSSR count). The van der Waals surface area contributed by atoms with Crippen molar-refractivity contribution in [2.45, 2.75) is 50.0 Å². The molecule has 1 amide bonds. The Labute approximate surface area is 262 Å². The van der Waals surface area contributed by atoms with Crippen molar-refractivity contribution in [2.24, 2.45) is 0 Å². The third kappa shape index (κ3) is 6.30. The van der Waals surface area contributed by atoms with Crippen molar-refractivity contribution in [2.75, 3.05) is 46.4 Å². The minimum Gasteiger partial charge on any atom is -0.396 e. The first-order valence-corrected chi connectivity index (χ1v) is 15.1. The zero-order valence-corrected chi connectivity index (χ0v) is 25.3. The van der Waals surface area contributed by atoms with Crippen LogP contribution in [0, 0.1) is 11.3 Å². The number of carbonyl (C=O) groups excluding carboxylic acids is 1. The summed E-state index contributed by atoms with van der Waals surface area (Å²) in [6.45, 7) is 2.47. The van der Waals surface area contributed by atoms with Gasteiger partial charge in [0.25, 0.3) is 5.91 Å². The largest absolute Gasteiger partial charge is 0.451 e. The molecule has 0 aliphatic carbocycles. The van der Waals surface area contributed by atoms with Gasteiger partial charge in [-0.05, 0) is 38.4 Å². The molecule has 46 heavy (non-hydrogen) atoms. The smallest absolute Gasteiger partial charge is 0.396 e. The van der Waals surface area contributed by atoms with Crippen molar-refractivity contribution in [1.29, 1.82) is 5.26 Å². The number of piperidine rings is 1. The number of nitrogens with one attached hydrogen (secondary N) is 1. The third-order valence-corrected chi connectivity index (χ3v) is 8.75. The summed E-state index contributed by atoms with van der Waals surface area (Å²) in [6.07, 6.45) is 4.18. The molecular formula is C30H34F3N11O2. The summed E-state index contributed by atoms with van der Waals surface area (Å²) in [4.78, 5) is 37.9. The maximum atomic E-state index is 13.6. The molecule has 0 aromatic carbocycles. The summed E-state index contributed by atoms with van der Waals surface area (Å²) in [5.41, 5.74) is 1.62. The molecule has 2 N–H and O–H groups in total. The minimum absolute atomic E-state index is 0.0376. The van der Waals surface area contributed by atoms with Crippen LogP contribution in [0.4, 0.5) is 13.2 Å². The first kappa shape index (κ1) is 31.5. The van der Waals surface area contributed by atoms with E-state index in [1.807, 2.05) is 16.9 Å². The predicted molar refractivity (Wildman–Crippen MR) is 159 cm³/mol. The number of carbonyl (C=O) groups is 1. The van der Waals surface area contributed by atoms with Crippen LogP contribution in [0.2, 0.25) is 0 Å². The number of aromatic amines is 1. The highest BCUT2D eigenvalue weighted by Gasteiger charge is 2.48. The summed E-state index contributed by atoms with van der Waals surface area (Å²) in [5, 5.41) is 24.2. The second-order valence-electron chi connectivity index (χ2n) is 12.0. The van der Waals surface area contributed by atoms with Gasteiger partial charge in [0, 0.05) is 75.3 Å². The van der Waals surface area contributed by atoms with Crippen molar-refractivity contribution in [1.82, 2.24) is 49.4 Å². The molecule has 2 fully saturated rings. The fourth-order valence-corrected chi connectivity index (χ4v) is 6.37. The first-order valence-electron chi connectivity index (χ1n) is 15.1. The van der Waals surface area contributed by atoms with Gasteiger partial charge in [-0.2, -0.15) is 23.5 Å². The van der Waals surface area contributed by atoms with Crippen LogP contribution >= 0.6 is 0 Å². The minimum atomic E-state index is -4.80. The molecule has 2 saturated heterocycles. The Morgan fingerprint density at radius 3 is 2.74 bits per heavy atom. The fraction of sp³-hybridized carbons (Fsp3) is 0.500. The van der Waals surface area contributed by atoms with Crippen molar-refractivity contribution in [3.63, 3.8) is 0 Å². The maximum Gasteiger partial charge on any atom is 0.451 e. The number of H-pyrrole nitrogens is 1. The molecule has 0 unspecified atom stereocenters. The number of alkyl halides is 3. The molecule has 0 radical (unpaired) electrons. The average Bonchev–Trinajstić information content (AvgIpc) is 3.71. The highest BCUT2D eigenvalue weighted by molar-refractivity contribution is 5.92. The van der Waals surface area contributed by atoms with E-state index >= 15 is 0 Å². The van der Waals surface area contributed by atoms with Crippen LogP contribution in [0.15, 0.2) is 37.1 Å². The number of likely N-dealkylation sites (tertiary alicyclic amines) is 2. The zero-order valence-electron chi connectivity index (χ0n) is 25.3. The Morgan fingerprint density at radius 2 is 2.02 bits per heavy atom. The summed E-state index contributed by atoms with van der Waals surface area (Å²) in [6, 6.07) is 5.70. The van der Waals surface area contributed by atoms with Gasteiger partial charge in [-0.25, -0.2) is 19.9 Å². The van der Waals surface area contributed by atoms with Crippen LogP contribution in [-0.4, -0.2) is 113 Å². The predicted octanol–water partition coefficient (Wildman–Crippen LogP) is 2.67. The van der Waals surface area contributed by atoms with E-state index in [0.29, 0.717) is 52.0 Å². The number of aliphatic hydroxyl groups is 1. The van der Waals surface area contributed by atoms with E-state index in [1.165, 1.54) is 12.4 Å². The topological polar surface area (TPSA) is 156 Å². The summed E-state index contributed by atoms with van der Waals surface area (Å²) < 4.78 is 42.7. The van der Waals surface area contributed by atoms with Crippen molar-refractivity contribution in [3.05, 3.63) is 54.3 Å². The first-order chi connectivity index (χ1) is 22.1. The van der Waals surface area contributed by atoms with Gasteiger partial charge >= 0.3 is 6.18 Å². The van der Waals surface area contributed by atoms with Gasteiger partial charge in [0.05, 0.1) is 30.1 Å². The molecule has 242 valence electrons. The number of hydrogen-bond donors (Lipinski definition) is 2. The summed E-state index contributed by atoms with van der Waals surface area (Å²) in [5.74, 6) is -1.90. The van der Waals surface area contributed by atoms with Crippen molar-refractivity contribution < 1.29 is 23.1 Å². The number of nitriles is 1. The molecule has 0 spiro atoms. The van der Waals surface area contributed by atoms with Crippen molar-refractivity contribution in [3.8, 4) is 17.3 Å². The molecule has 4 aromatic rings. The second kappa shape index (κ2) is 12.7. The molecule has 6 heterocycles. The standard InChI is InChI=1S/C30H34F3N11O2/c1-41(9-2-12-45)16-21-13-24(40-28(39-21)30(31,32)33)27(46)42-10-4-22(5-11-42)43-17-29(18-43,6-7-34)44-15-20(14-38-44)25-23-3-8-35-26(23)37-19-36-25/h3,8,13-15,19,22,45H,2,4-6,9-12,16-18H2,1H3,(H,35,36,37). The average molecular weight is 638 g/mol. The lowest BCUT2D eigenvalue weighted by Gasteiger charge is -2.53. The van der Waals surface area contributed by atoms with Gasteiger partial charge in [-0.1, -0.05) is 0 Å². The van der Waals surface area contributed by atoms with E-state index in [-0.39, 0.29) is 37.0 Å². The number of aliphatic hydroxyl groups excluding tert-OH is 1. The number of amides is 1. The van der Waals surface area contributed by atoms with Gasteiger partial charge in [0.15, 0.2) is 0 Å². The van der Waals surface area contributed by atoms with Gasteiger partial charge in [0.2, 0.25) is 5.82 Å². The lowest BCUT2D eigenvalue weighted by atomic mass is 9.83. The van der Waals surface area contributed by atoms with Gasteiger partial charge in [-0.3, -0.25) is 14.4 Å². The van der Waals surface area contributed by atoms with E-state index in [2.05, 4.69) is 41.0 Å². The SMILES string of the molecule is CN(CCCO)Cc1cc(C(=O)N2CCC(N3CC(CC#N)(n4cc(-c5ncnc6[nH]ccc56)cn4)C3)CC2)nc(C(F)(F)F)n1. The Hall–Kier alpha value is -4.46. The van der Waals surface area contributed by atoms with Crippen LogP contribution in [0.25, 0.3) is 22.3 Å². The summed E-state index contributed by atoms with van der Waals surface area (Å²) in [7, 11) is 1.71. The van der Waals surface area contributed by atoms with Crippen LogP contribution < -0.4 is 0 Å². The number of nitrogens with zero attached hydrogens (tertiary/aromatic N) is 10. The number of hydrogen-bond acceptors (Lipinski definition) is 10. The van der Waals surface area contributed by atoms with Gasteiger partial charge in [0.1, 0.15) is 23.2 Å². The number of rotatable bonds is 10. The number of halogens is 3. The Balaban J connectivity index is 1.10. The van der Waals surface area contributed by atoms with Crippen molar-refractivity contribution >= 4 is 16.9 Å². The molecule has 4 aromatic heterocycles. The van der Waals surface area contributed by atoms with Gasteiger partial charge < -0.3 is 19.9 Å². The lowest BCUT2D eigenvalue weighted by molar-refractivity contribution is -0.145. The Kier molecular flexibility index (Phi) is 8.73. The van der Waals surface area contributed by atoms with Gasteiger partial charge in [-0.15, -0.1) is 0 Å². The van der Waals surface area contributed by atoms with E-state index in [0.717, 1.165) is 22.3 Å².